The summed E-state index contributed by atoms with van der Waals surface area (Å²) in [6.45, 7) is -3.44. The maximum absolute atomic E-state index is 12.7. The largest absolute Gasteiger partial charge is 1.00 e. The Morgan fingerprint density at radius 1 is 1.04 bits per heavy atom. The number of fused-ring (bicyclic) bond motifs is 1. The summed E-state index contributed by atoms with van der Waals surface area (Å²) in [5, 5.41) is 1.07. The number of benzene rings is 2. The fourth-order valence-electron chi connectivity index (χ4n) is 1.97. The van der Waals surface area contributed by atoms with Crippen molar-refractivity contribution in [3.05, 3.63) is 36.4 Å². The molecule has 2 aromatic rings. The Labute approximate surface area is 176 Å². The van der Waals surface area contributed by atoms with Crippen molar-refractivity contribution in [2.24, 2.45) is 0 Å². The molecular formula is C14H15BF3KO3S. The first kappa shape index (κ1) is 21.0. The Hall–Kier alpha value is -0.0587. The van der Waals surface area contributed by atoms with Gasteiger partial charge in [0.1, 0.15) is 12.4 Å². The summed E-state index contributed by atoms with van der Waals surface area (Å²) < 4.78 is 66.1. The smallest absolute Gasteiger partial charge is 0.493 e. The van der Waals surface area contributed by atoms with E-state index in [-0.39, 0.29) is 69.5 Å². The summed E-state index contributed by atoms with van der Waals surface area (Å²) in [4.78, 5) is 0. The van der Waals surface area contributed by atoms with Crippen LogP contribution in [0.25, 0.3) is 10.8 Å². The van der Waals surface area contributed by atoms with E-state index in [2.05, 4.69) is 0 Å². The Kier molecular flexibility index (Phi) is 7.62. The van der Waals surface area contributed by atoms with Crippen molar-refractivity contribution >= 4 is 33.0 Å². The summed E-state index contributed by atoms with van der Waals surface area (Å²) in [7, 11) is -3.10. The van der Waals surface area contributed by atoms with Crippen molar-refractivity contribution in [1.29, 1.82) is 0 Å². The molecule has 2 rings (SSSR count). The SMILES string of the molecule is CCS(=O)(=O)CCOc1ccc2cc([B-](F)(F)F)ccc2c1.[K+]. The molecule has 3 nitrogen and oxygen atoms in total. The Balaban J connectivity index is 0.00000264. The second kappa shape index (κ2) is 8.35. The van der Waals surface area contributed by atoms with Crippen molar-refractivity contribution in [2.45, 2.75) is 6.92 Å². The molecule has 2 aromatic carbocycles. The molecule has 23 heavy (non-hydrogen) atoms. The van der Waals surface area contributed by atoms with E-state index >= 15 is 0 Å². The fraction of sp³-hybridized carbons (Fsp3) is 0.286. The van der Waals surface area contributed by atoms with E-state index in [0.29, 0.717) is 16.5 Å². The van der Waals surface area contributed by atoms with Gasteiger partial charge in [-0.2, -0.15) is 0 Å². The van der Waals surface area contributed by atoms with Crippen LogP contribution in [0.2, 0.25) is 0 Å². The Morgan fingerprint density at radius 2 is 1.65 bits per heavy atom. The molecule has 0 heterocycles. The summed E-state index contributed by atoms with van der Waals surface area (Å²) in [5.74, 6) is 0.400. The van der Waals surface area contributed by atoms with Gasteiger partial charge >= 0.3 is 58.4 Å². The summed E-state index contributed by atoms with van der Waals surface area (Å²) in [6.07, 6.45) is 0. The zero-order valence-corrected chi connectivity index (χ0v) is 16.9. The predicted molar refractivity (Wildman–Crippen MR) is 82.5 cm³/mol. The molecule has 0 aliphatic carbocycles. The molecule has 0 unspecified atom stereocenters. The minimum atomic E-state index is -5.02. The first-order valence-electron chi connectivity index (χ1n) is 6.78. The summed E-state index contributed by atoms with van der Waals surface area (Å²) in [5.41, 5.74) is -0.643. The summed E-state index contributed by atoms with van der Waals surface area (Å²) in [6, 6.07) is 8.18. The van der Waals surface area contributed by atoms with Crippen LogP contribution in [0.3, 0.4) is 0 Å². The topological polar surface area (TPSA) is 43.4 Å². The molecule has 0 aromatic heterocycles. The van der Waals surface area contributed by atoms with Gasteiger partial charge in [-0.1, -0.05) is 31.2 Å². The molecule has 0 radical (unpaired) electrons. The number of rotatable bonds is 6. The second-order valence-corrected chi connectivity index (χ2v) is 7.40. The van der Waals surface area contributed by atoms with Gasteiger partial charge < -0.3 is 17.7 Å². The van der Waals surface area contributed by atoms with Crippen LogP contribution >= 0.6 is 0 Å². The van der Waals surface area contributed by atoms with Gasteiger partial charge in [-0.15, -0.1) is 5.46 Å². The molecular weight excluding hydrogens is 355 g/mol. The molecule has 0 aliphatic heterocycles. The van der Waals surface area contributed by atoms with Gasteiger partial charge in [-0.25, -0.2) is 8.42 Å². The minimum absolute atomic E-state index is 0. The summed E-state index contributed by atoms with van der Waals surface area (Å²) >= 11 is 0. The zero-order chi connectivity index (χ0) is 16.4. The van der Waals surface area contributed by atoms with Crippen LogP contribution in [0.1, 0.15) is 6.92 Å². The van der Waals surface area contributed by atoms with Crippen molar-refractivity contribution in [1.82, 2.24) is 0 Å². The van der Waals surface area contributed by atoms with E-state index in [9.17, 15) is 21.4 Å². The van der Waals surface area contributed by atoms with Gasteiger partial charge in [0.25, 0.3) is 0 Å². The zero-order valence-electron chi connectivity index (χ0n) is 12.9. The number of halogens is 3. The molecule has 0 saturated carbocycles. The fourth-order valence-corrected chi connectivity index (χ4v) is 2.59. The van der Waals surface area contributed by atoms with Crippen molar-refractivity contribution < 1.29 is 77.5 Å². The number of hydrogen-bond acceptors (Lipinski definition) is 3. The van der Waals surface area contributed by atoms with Gasteiger partial charge in [0.15, 0.2) is 9.84 Å². The van der Waals surface area contributed by atoms with E-state index in [1.807, 2.05) is 0 Å². The van der Waals surface area contributed by atoms with Crippen molar-refractivity contribution in [2.75, 3.05) is 18.1 Å². The quantitative estimate of drug-likeness (QED) is 0.657. The molecule has 0 spiro atoms. The molecule has 0 aliphatic rings. The Morgan fingerprint density at radius 3 is 2.26 bits per heavy atom. The third kappa shape index (κ3) is 6.06. The van der Waals surface area contributed by atoms with Gasteiger partial charge in [0.05, 0.1) is 5.75 Å². The third-order valence-electron chi connectivity index (χ3n) is 3.32. The molecule has 0 fully saturated rings. The number of hydrogen-bond donors (Lipinski definition) is 0. The third-order valence-corrected chi connectivity index (χ3v) is 4.98. The van der Waals surface area contributed by atoms with Gasteiger partial charge in [-0.3, -0.25) is 0 Å². The molecule has 0 bridgehead atoms. The maximum atomic E-state index is 12.7. The average molecular weight is 370 g/mol. The normalized spacial score (nSPS) is 12.0. The molecule has 0 atom stereocenters. The predicted octanol–water partition coefficient (Wildman–Crippen LogP) is -0.288. The van der Waals surface area contributed by atoms with Crippen LogP contribution in [0.4, 0.5) is 12.9 Å². The van der Waals surface area contributed by atoms with Crippen molar-refractivity contribution in [3.8, 4) is 5.75 Å². The van der Waals surface area contributed by atoms with Gasteiger partial charge in [-0.05, 0) is 22.9 Å². The van der Waals surface area contributed by atoms with E-state index in [1.54, 1.807) is 13.0 Å². The van der Waals surface area contributed by atoms with E-state index in [1.165, 1.54) is 18.2 Å². The van der Waals surface area contributed by atoms with E-state index < -0.39 is 22.3 Å². The standard InChI is InChI=1S/C14H15BF3O3S.K/c1-2-22(19,20)8-7-21-14-6-4-11-9-13(15(16,17)18)5-3-12(11)10-14;/h3-6,9-10H,2,7-8H2,1H3;/q-1;+1. The van der Waals surface area contributed by atoms with Crippen LogP contribution in [0.5, 0.6) is 5.75 Å². The number of ether oxygens (including phenoxy) is 1. The van der Waals surface area contributed by atoms with Crippen molar-refractivity contribution in [3.63, 3.8) is 0 Å². The van der Waals surface area contributed by atoms with Crippen LogP contribution in [0, 0.1) is 0 Å². The van der Waals surface area contributed by atoms with Gasteiger partial charge in [0, 0.05) is 5.75 Å². The van der Waals surface area contributed by atoms with E-state index in [4.69, 9.17) is 4.74 Å². The van der Waals surface area contributed by atoms with Crippen LogP contribution in [-0.4, -0.2) is 33.5 Å². The first-order chi connectivity index (χ1) is 10.2. The van der Waals surface area contributed by atoms with E-state index in [0.717, 1.165) is 12.1 Å². The molecule has 9 heteroatoms. The van der Waals surface area contributed by atoms with Crippen LogP contribution < -0.4 is 61.6 Å². The van der Waals surface area contributed by atoms with Crippen LogP contribution in [-0.2, 0) is 9.84 Å². The molecule has 0 amide bonds. The van der Waals surface area contributed by atoms with Gasteiger partial charge in [0.2, 0.25) is 0 Å². The second-order valence-electron chi connectivity index (χ2n) is 4.93. The molecule has 0 saturated heterocycles. The Bertz CT molecular complexity index is 778. The first-order valence-corrected chi connectivity index (χ1v) is 8.60. The van der Waals surface area contributed by atoms with Crippen LogP contribution in [0.15, 0.2) is 36.4 Å². The number of sulfone groups is 1. The monoisotopic (exact) mass is 370 g/mol. The molecule has 0 N–H and O–H groups in total. The maximum Gasteiger partial charge on any atom is 1.00 e. The average Bonchev–Trinajstić information content (AvgIpc) is 2.45. The minimum Gasteiger partial charge on any atom is -0.493 e. The molecule has 120 valence electrons.